The number of allylic oxidation sites excluding steroid dienone is 3. The number of carbonyl (C=O) groups excluding carboxylic acids is 1. The number of rotatable bonds is 5. The number of nitrogens with zero attached hydrogens (tertiary/aromatic N) is 4. The van der Waals surface area contributed by atoms with E-state index in [0.29, 0.717) is 36.5 Å². The summed E-state index contributed by atoms with van der Waals surface area (Å²) < 4.78 is 5.57. The van der Waals surface area contributed by atoms with Gasteiger partial charge in [0.05, 0.1) is 24.2 Å². The highest BCUT2D eigenvalue weighted by atomic mass is 16.5. The fraction of sp³-hybridized carbons (Fsp3) is 0.231. The maximum Gasteiger partial charge on any atom is 0.231 e. The zero-order valence-corrected chi connectivity index (χ0v) is 18.7. The van der Waals surface area contributed by atoms with Gasteiger partial charge in [-0.2, -0.15) is 15.3 Å². The Morgan fingerprint density at radius 1 is 1.15 bits per heavy atom. The molecule has 2 aromatic carbocycles. The molecule has 3 aromatic rings. The molecule has 8 nitrogen and oxygen atoms in total. The highest BCUT2D eigenvalue weighted by Crippen LogP contribution is 2.48. The van der Waals surface area contributed by atoms with Crippen LogP contribution in [0.1, 0.15) is 42.7 Å². The Morgan fingerprint density at radius 3 is 2.56 bits per heavy atom. The molecule has 1 aromatic heterocycles. The van der Waals surface area contributed by atoms with E-state index in [4.69, 9.17) is 10.5 Å². The van der Waals surface area contributed by atoms with Gasteiger partial charge in [-0.05, 0) is 42.5 Å². The fourth-order valence-corrected chi connectivity index (χ4v) is 4.90. The number of anilines is 1. The second-order valence-corrected chi connectivity index (χ2v) is 8.29. The van der Waals surface area contributed by atoms with Gasteiger partial charge in [-0.15, -0.1) is 0 Å². The lowest BCUT2D eigenvalue weighted by Crippen LogP contribution is -2.40. The summed E-state index contributed by atoms with van der Waals surface area (Å²) in [6, 6.07) is 19.7. The SMILES string of the molecule is CCOc1ccc(C2C(C#N)=C(N)N(c3ncn[nH]3)C3=C2C(=O)CC(c2ccccc2)C3)cc1. The van der Waals surface area contributed by atoms with E-state index in [1.807, 2.05) is 61.5 Å². The molecular weight excluding hydrogens is 428 g/mol. The van der Waals surface area contributed by atoms with E-state index in [-0.39, 0.29) is 17.5 Å². The topological polar surface area (TPSA) is 121 Å². The van der Waals surface area contributed by atoms with E-state index in [2.05, 4.69) is 21.3 Å². The van der Waals surface area contributed by atoms with Crippen LogP contribution in [0.2, 0.25) is 0 Å². The van der Waals surface area contributed by atoms with Crippen LogP contribution in [0, 0.1) is 11.3 Å². The number of aromatic nitrogens is 3. The number of Topliss-reactive ketones (excluding diaryl/α,β-unsaturated/α-hetero) is 1. The van der Waals surface area contributed by atoms with Gasteiger partial charge in [-0.1, -0.05) is 42.5 Å². The zero-order chi connectivity index (χ0) is 23.7. The predicted molar refractivity (Wildman–Crippen MR) is 126 cm³/mol. The monoisotopic (exact) mass is 452 g/mol. The molecule has 0 radical (unpaired) electrons. The van der Waals surface area contributed by atoms with Crippen molar-refractivity contribution in [1.29, 1.82) is 5.26 Å². The molecule has 0 fully saturated rings. The number of H-pyrrole nitrogens is 1. The summed E-state index contributed by atoms with van der Waals surface area (Å²) >= 11 is 0. The molecule has 2 atom stereocenters. The van der Waals surface area contributed by atoms with Crippen LogP contribution in [0.25, 0.3) is 0 Å². The van der Waals surface area contributed by atoms with Gasteiger partial charge in [0.15, 0.2) is 5.78 Å². The maximum absolute atomic E-state index is 13.7. The molecular formula is C26H24N6O2. The second-order valence-electron chi connectivity index (χ2n) is 8.29. The van der Waals surface area contributed by atoms with Crippen LogP contribution in [0.4, 0.5) is 5.95 Å². The molecule has 1 aliphatic heterocycles. The van der Waals surface area contributed by atoms with Gasteiger partial charge in [-0.25, -0.2) is 5.10 Å². The minimum atomic E-state index is -0.556. The van der Waals surface area contributed by atoms with Crippen LogP contribution >= 0.6 is 0 Å². The summed E-state index contributed by atoms with van der Waals surface area (Å²) in [6.45, 7) is 2.48. The largest absolute Gasteiger partial charge is 0.494 e. The molecule has 34 heavy (non-hydrogen) atoms. The number of nitrogens with two attached hydrogens (primary N) is 1. The van der Waals surface area contributed by atoms with Crippen molar-refractivity contribution in [2.75, 3.05) is 11.5 Å². The standard InChI is InChI=1S/C26H24N6O2/c1-2-34-19-10-8-17(9-11-19)23-20(14-27)25(28)32(26-29-15-30-31-26)21-12-18(13-22(33)24(21)23)16-6-4-3-5-7-16/h3-11,15,18,23H,2,12-13,28H2,1H3,(H,29,30,31). The van der Waals surface area contributed by atoms with E-state index >= 15 is 0 Å². The van der Waals surface area contributed by atoms with Crippen molar-refractivity contribution in [2.24, 2.45) is 5.73 Å². The number of benzene rings is 2. The molecule has 0 bridgehead atoms. The number of hydrogen-bond donors (Lipinski definition) is 2. The predicted octanol–water partition coefficient (Wildman–Crippen LogP) is 3.90. The van der Waals surface area contributed by atoms with Gasteiger partial charge in [0, 0.05) is 17.7 Å². The minimum Gasteiger partial charge on any atom is -0.494 e. The van der Waals surface area contributed by atoms with Gasteiger partial charge in [0.1, 0.15) is 17.9 Å². The molecule has 3 N–H and O–H groups in total. The zero-order valence-electron chi connectivity index (χ0n) is 18.7. The number of carbonyl (C=O) groups is 1. The number of ketones is 1. The average Bonchev–Trinajstić information content (AvgIpc) is 3.39. The van der Waals surface area contributed by atoms with E-state index in [0.717, 1.165) is 22.6 Å². The Labute approximate surface area is 197 Å². The molecule has 0 spiro atoms. The molecule has 1 aliphatic carbocycles. The number of hydrogen-bond acceptors (Lipinski definition) is 7. The summed E-state index contributed by atoms with van der Waals surface area (Å²) in [4.78, 5) is 19.7. The van der Waals surface area contributed by atoms with E-state index in [1.54, 1.807) is 4.90 Å². The number of nitriles is 1. The van der Waals surface area contributed by atoms with Gasteiger partial charge in [-0.3, -0.25) is 9.69 Å². The normalized spacial score (nSPS) is 20.2. The molecule has 2 aliphatic rings. The minimum absolute atomic E-state index is 0.00115. The van der Waals surface area contributed by atoms with Crippen molar-refractivity contribution in [2.45, 2.75) is 31.6 Å². The summed E-state index contributed by atoms with van der Waals surface area (Å²) in [6.07, 6.45) is 2.32. The van der Waals surface area contributed by atoms with Crippen molar-refractivity contribution >= 4 is 11.7 Å². The Hall–Kier alpha value is -4.38. The second kappa shape index (κ2) is 8.87. The van der Waals surface area contributed by atoms with Crippen molar-refractivity contribution < 1.29 is 9.53 Å². The summed E-state index contributed by atoms with van der Waals surface area (Å²) in [5.41, 5.74) is 10.1. The quantitative estimate of drug-likeness (QED) is 0.602. The summed E-state index contributed by atoms with van der Waals surface area (Å²) in [5, 5.41) is 16.9. The molecule has 2 heterocycles. The Balaban J connectivity index is 1.67. The first-order chi connectivity index (χ1) is 16.6. The van der Waals surface area contributed by atoms with Gasteiger partial charge in [0.25, 0.3) is 0 Å². The third-order valence-electron chi connectivity index (χ3n) is 6.38. The van der Waals surface area contributed by atoms with E-state index in [9.17, 15) is 10.1 Å². The lowest BCUT2D eigenvalue weighted by Gasteiger charge is -2.40. The smallest absolute Gasteiger partial charge is 0.231 e. The number of nitrogens with one attached hydrogen (secondary N) is 1. The summed E-state index contributed by atoms with van der Waals surface area (Å²) in [7, 11) is 0. The van der Waals surface area contributed by atoms with Gasteiger partial charge in [0.2, 0.25) is 5.95 Å². The molecule has 2 unspecified atom stereocenters. The van der Waals surface area contributed by atoms with Gasteiger partial charge < -0.3 is 10.5 Å². The Kier molecular flexibility index (Phi) is 5.60. The van der Waals surface area contributed by atoms with Crippen LogP contribution in [0.5, 0.6) is 5.75 Å². The van der Waals surface area contributed by atoms with Crippen LogP contribution in [0.15, 0.2) is 83.6 Å². The Bertz CT molecular complexity index is 1300. The highest BCUT2D eigenvalue weighted by Gasteiger charge is 2.43. The van der Waals surface area contributed by atoms with E-state index < -0.39 is 5.92 Å². The third kappa shape index (κ3) is 3.61. The first-order valence-corrected chi connectivity index (χ1v) is 11.2. The van der Waals surface area contributed by atoms with Crippen molar-refractivity contribution in [3.05, 3.63) is 94.7 Å². The van der Waals surface area contributed by atoms with Crippen LogP contribution < -0.4 is 15.4 Å². The van der Waals surface area contributed by atoms with Crippen LogP contribution in [-0.2, 0) is 4.79 Å². The lowest BCUT2D eigenvalue weighted by molar-refractivity contribution is -0.116. The van der Waals surface area contributed by atoms with Gasteiger partial charge >= 0.3 is 0 Å². The van der Waals surface area contributed by atoms with Crippen molar-refractivity contribution in [1.82, 2.24) is 15.2 Å². The van der Waals surface area contributed by atoms with E-state index in [1.165, 1.54) is 6.33 Å². The number of ether oxygens (including phenoxy) is 1. The first-order valence-electron chi connectivity index (χ1n) is 11.2. The summed E-state index contributed by atoms with van der Waals surface area (Å²) in [5.74, 6) is 0.796. The number of aromatic amines is 1. The van der Waals surface area contributed by atoms with Crippen molar-refractivity contribution in [3.63, 3.8) is 0 Å². The van der Waals surface area contributed by atoms with Crippen molar-refractivity contribution in [3.8, 4) is 11.8 Å². The fourth-order valence-electron chi connectivity index (χ4n) is 4.90. The Morgan fingerprint density at radius 2 is 1.91 bits per heavy atom. The molecule has 0 saturated carbocycles. The molecule has 5 rings (SSSR count). The lowest BCUT2D eigenvalue weighted by atomic mass is 9.72. The molecule has 0 saturated heterocycles. The highest BCUT2D eigenvalue weighted by molar-refractivity contribution is 6.01. The maximum atomic E-state index is 13.7. The first kappa shape index (κ1) is 21.5. The van der Waals surface area contributed by atoms with Crippen LogP contribution in [0.3, 0.4) is 0 Å². The molecule has 8 heteroatoms. The van der Waals surface area contributed by atoms with Crippen LogP contribution in [-0.4, -0.2) is 27.6 Å². The molecule has 170 valence electrons. The third-order valence-corrected chi connectivity index (χ3v) is 6.38. The average molecular weight is 453 g/mol. The molecule has 0 amide bonds.